The van der Waals surface area contributed by atoms with Crippen molar-refractivity contribution < 1.29 is 28.3 Å². The Labute approximate surface area is 217 Å². The van der Waals surface area contributed by atoms with E-state index < -0.39 is 40.8 Å². The Hall–Kier alpha value is -4.29. The van der Waals surface area contributed by atoms with Crippen LogP contribution in [0.2, 0.25) is 0 Å². The second kappa shape index (κ2) is 8.92. The molecule has 0 bridgehead atoms. The molecule has 4 nitrogen and oxygen atoms in total. The van der Waals surface area contributed by atoms with Crippen LogP contribution in [-0.2, 0) is 5.60 Å². The van der Waals surface area contributed by atoms with Crippen LogP contribution in [0.15, 0.2) is 97.1 Å². The van der Waals surface area contributed by atoms with Gasteiger partial charge in [-0.25, -0.2) is 8.78 Å². The number of Topliss-reactive ketones (excluding diaryl/α,β-unsaturated/α-hetero) is 3. The van der Waals surface area contributed by atoms with Gasteiger partial charge >= 0.3 is 0 Å². The first-order valence-corrected chi connectivity index (χ1v) is 12.3. The SMILES string of the molecule is O=C(C[C@H]1c2ccc(F)cc2[C@@]2(O)C(=O)c3cc(F)ccc3[C@H]2[C@@H]1C(=O)c1ccccc1)c1ccccc1. The van der Waals surface area contributed by atoms with Crippen molar-refractivity contribution in [2.45, 2.75) is 23.9 Å². The molecule has 0 heterocycles. The Kier molecular flexibility index (Phi) is 5.65. The molecule has 6 rings (SSSR count). The van der Waals surface area contributed by atoms with Gasteiger partial charge in [-0.05, 0) is 41.0 Å². The first kappa shape index (κ1) is 24.1. The fourth-order valence-electron chi connectivity index (χ4n) is 6.23. The van der Waals surface area contributed by atoms with Crippen molar-refractivity contribution in [1.82, 2.24) is 0 Å². The van der Waals surface area contributed by atoms with Crippen molar-refractivity contribution in [3.63, 3.8) is 0 Å². The molecule has 0 aromatic heterocycles. The first-order chi connectivity index (χ1) is 18.3. The molecule has 0 aliphatic heterocycles. The Morgan fingerprint density at radius 2 is 1.34 bits per heavy atom. The minimum absolute atomic E-state index is 0.00656. The number of fused-ring (bicyclic) bond motifs is 5. The summed E-state index contributed by atoms with van der Waals surface area (Å²) in [6.45, 7) is 0. The number of carbonyl (C=O) groups is 3. The number of aliphatic hydroxyl groups is 1. The third kappa shape index (κ3) is 3.56. The molecule has 4 aromatic rings. The second-order valence-electron chi connectivity index (χ2n) is 9.89. The molecule has 4 aromatic carbocycles. The molecule has 1 N–H and O–H groups in total. The van der Waals surface area contributed by atoms with Crippen molar-refractivity contribution in [3.05, 3.63) is 142 Å². The zero-order valence-electron chi connectivity index (χ0n) is 20.1. The lowest BCUT2D eigenvalue weighted by Crippen LogP contribution is -2.48. The molecule has 38 heavy (non-hydrogen) atoms. The van der Waals surface area contributed by atoms with E-state index >= 15 is 0 Å². The van der Waals surface area contributed by atoms with Crippen LogP contribution in [0.4, 0.5) is 8.78 Å². The monoisotopic (exact) mass is 508 g/mol. The molecule has 2 aliphatic rings. The predicted molar refractivity (Wildman–Crippen MR) is 136 cm³/mol. The largest absolute Gasteiger partial charge is 0.376 e. The van der Waals surface area contributed by atoms with Crippen LogP contribution >= 0.6 is 0 Å². The van der Waals surface area contributed by atoms with E-state index in [0.29, 0.717) is 22.3 Å². The number of carbonyl (C=O) groups excluding carboxylic acids is 3. The zero-order chi connectivity index (χ0) is 26.6. The molecule has 0 fully saturated rings. The molecule has 188 valence electrons. The van der Waals surface area contributed by atoms with Gasteiger partial charge in [0.15, 0.2) is 23.0 Å². The highest BCUT2D eigenvalue weighted by atomic mass is 19.1. The fraction of sp³-hybridized carbons (Fsp3) is 0.156. The van der Waals surface area contributed by atoms with Gasteiger partial charge in [-0.1, -0.05) is 72.8 Å². The number of rotatable bonds is 5. The summed E-state index contributed by atoms with van der Waals surface area (Å²) in [5.41, 5.74) is -0.876. The molecule has 0 saturated heterocycles. The molecule has 2 aliphatic carbocycles. The third-order valence-electron chi connectivity index (χ3n) is 7.87. The minimum Gasteiger partial charge on any atom is -0.376 e. The first-order valence-electron chi connectivity index (χ1n) is 12.3. The molecule has 0 spiro atoms. The molecular weight excluding hydrogens is 486 g/mol. The van der Waals surface area contributed by atoms with Crippen LogP contribution in [0.3, 0.4) is 0 Å². The van der Waals surface area contributed by atoms with Gasteiger partial charge in [0, 0.05) is 40.9 Å². The molecule has 0 unspecified atom stereocenters. The minimum atomic E-state index is -2.30. The maximum atomic E-state index is 14.6. The second-order valence-corrected chi connectivity index (χ2v) is 9.89. The summed E-state index contributed by atoms with van der Waals surface area (Å²) in [7, 11) is 0. The number of halogens is 2. The Morgan fingerprint density at radius 3 is 2.00 bits per heavy atom. The molecular formula is C32H22F2O4. The van der Waals surface area contributed by atoms with Gasteiger partial charge in [-0.2, -0.15) is 0 Å². The van der Waals surface area contributed by atoms with Gasteiger partial charge in [0.05, 0.1) is 0 Å². The highest BCUT2D eigenvalue weighted by molar-refractivity contribution is 6.11. The Morgan fingerprint density at radius 1 is 0.763 bits per heavy atom. The van der Waals surface area contributed by atoms with E-state index in [1.54, 1.807) is 60.7 Å². The summed E-state index contributed by atoms with van der Waals surface area (Å²) in [6, 6.07) is 24.4. The van der Waals surface area contributed by atoms with Gasteiger partial charge in [-0.15, -0.1) is 0 Å². The van der Waals surface area contributed by atoms with Crippen molar-refractivity contribution in [2.75, 3.05) is 0 Å². The van der Waals surface area contributed by atoms with Gasteiger partial charge in [0.1, 0.15) is 11.6 Å². The normalized spacial score (nSPS) is 23.3. The lowest BCUT2D eigenvalue weighted by Gasteiger charge is -2.45. The van der Waals surface area contributed by atoms with Gasteiger partial charge in [0.25, 0.3) is 0 Å². The van der Waals surface area contributed by atoms with E-state index in [0.717, 1.165) is 12.1 Å². The van der Waals surface area contributed by atoms with E-state index in [1.165, 1.54) is 24.3 Å². The summed E-state index contributed by atoms with van der Waals surface area (Å²) in [6.07, 6.45) is -0.108. The van der Waals surface area contributed by atoms with E-state index in [9.17, 15) is 28.3 Å². The van der Waals surface area contributed by atoms with Crippen LogP contribution in [0.25, 0.3) is 0 Å². The summed E-state index contributed by atoms with van der Waals surface area (Å²) in [5, 5.41) is 12.1. The molecule has 4 atom stereocenters. The van der Waals surface area contributed by atoms with E-state index in [2.05, 4.69) is 0 Å². The van der Waals surface area contributed by atoms with E-state index in [4.69, 9.17) is 0 Å². The van der Waals surface area contributed by atoms with Gasteiger partial charge in [-0.3, -0.25) is 14.4 Å². The average molecular weight is 509 g/mol. The Balaban J connectivity index is 1.61. The van der Waals surface area contributed by atoms with Crippen LogP contribution in [0.1, 0.15) is 66.0 Å². The topological polar surface area (TPSA) is 71.4 Å². The van der Waals surface area contributed by atoms with E-state index in [-0.39, 0.29) is 29.1 Å². The molecule has 6 heteroatoms. The lowest BCUT2D eigenvalue weighted by atomic mass is 9.58. The molecule has 0 amide bonds. The number of hydrogen-bond acceptors (Lipinski definition) is 4. The summed E-state index contributed by atoms with van der Waals surface area (Å²) >= 11 is 0. The lowest BCUT2D eigenvalue weighted by molar-refractivity contribution is -0.00178. The standard InChI is InChI=1S/C32H22F2O4/c33-20-12-14-23-25(15-20)31(37)32(38)26-16-21(34)11-13-22(26)24(17-27(35)18-7-3-1-4-8-18)28(29(23)32)30(36)19-9-5-2-6-10-19/h1-16,24,28-29,38H,17H2/t24-,28+,29-,32-/m0/s1. The number of hydrogen-bond donors (Lipinski definition) is 1. The van der Waals surface area contributed by atoms with Crippen molar-refractivity contribution in [3.8, 4) is 0 Å². The van der Waals surface area contributed by atoms with Gasteiger partial charge < -0.3 is 5.11 Å². The smallest absolute Gasteiger partial charge is 0.199 e. The molecule has 0 saturated carbocycles. The van der Waals surface area contributed by atoms with Crippen molar-refractivity contribution in [1.29, 1.82) is 0 Å². The maximum absolute atomic E-state index is 14.6. The summed E-state index contributed by atoms with van der Waals surface area (Å²) in [5.74, 6) is -5.69. The highest BCUT2D eigenvalue weighted by Gasteiger charge is 2.63. The average Bonchev–Trinajstić information content (AvgIpc) is 3.16. The Bertz CT molecular complexity index is 1600. The third-order valence-corrected chi connectivity index (χ3v) is 7.87. The van der Waals surface area contributed by atoms with E-state index in [1.807, 2.05) is 0 Å². The van der Waals surface area contributed by atoms with Crippen LogP contribution in [-0.4, -0.2) is 22.5 Å². The maximum Gasteiger partial charge on any atom is 0.199 e. The van der Waals surface area contributed by atoms with Gasteiger partial charge in [0.2, 0.25) is 0 Å². The quantitative estimate of drug-likeness (QED) is 0.336. The van der Waals surface area contributed by atoms with Crippen LogP contribution in [0, 0.1) is 17.6 Å². The fourth-order valence-corrected chi connectivity index (χ4v) is 6.23. The van der Waals surface area contributed by atoms with Crippen LogP contribution in [0.5, 0.6) is 0 Å². The number of benzene rings is 4. The van der Waals surface area contributed by atoms with Crippen molar-refractivity contribution >= 4 is 17.3 Å². The summed E-state index contributed by atoms with van der Waals surface area (Å²) < 4.78 is 28.9. The summed E-state index contributed by atoms with van der Waals surface area (Å²) in [4.78, 5) is 41.4. The van der Waals surface area contributed by atoms with Crippen molar-refractivity contribution in [2.24, 2.45) is 5.92 Å². The highest BCUT2D eigenvalue weighted by Crippen LogP contribution is 2.60. The number of ketones is 3. The van der Waals surface area contributed by atoms with Crippen LogP contribution < -0.4 is 0 Å². The zero-order valence-corrected chi connectivity index (χ0v) is 20.1. The molecule has 0 radical (unpaired) electrons. The predicted octanol–water partition coefficient (Wildman–Crippen LogP) is 6.00.